The highest BCUT2D eigenvalue weighted by atomic mass is 16.6. The van der Waals surface area contributed by atoms with Gasteiger partial charge < -0.3 is 15.0 Å². The molecule has 1 aliphatic heterocycles. The van der Waals surface area contributed by atoms with Crippen molar-refractivity contribution < 1.29 is 14.5 Å². The lowest BCUT2D eigenvalue weighted by molar-refractivity contribution is -0.384. The maximum absolute atomic E-state index is 12.8. The Morgan fingerprint density at radius 3 is 2.48 bits per heavy atom. The standard InChI is InChI=1S/C20H23N3O4/c1-27-17-8-5-15(6-9-17)14-21-20(24)18-13-16(23(25)26)7-10-19(18)22-11-3-2-4-12-22/h5-10,13H,2-4,11-12,14H2,1H3,(H,21,24). The second kappa shape index (κ2) is 8.53. The molecule has 0 unspecified atom stereocenters. The van der Waals surface area contributed by atoms with Crippen LogP contribution in [-0.4, -0.2) is 31.0 Å². The molecule has 0 spiro atoms. The molecular weight excluding hydrogens is 346 g/mol. The second-order valence-corrected chi connectivity index (χ2v) is 6.54. The molecule has 0 saturated carbocycles. The summed E-state index contributed by atoms with van der Waals surface area (Å²) in [4.78, 5) is 25.6. The van der Waals surface area contributed by atoms with Gasteiger partial charge in [-0.15, -0.1) is 0 Å². The Balaban J connectivity index is 1.79. The lowest BCUT2D eigenvalue weighted by Crippen LogP contribution is -2.32. The number of nitro groups is 1. The predicted octanol–water partition coefficient (Wildman–Crippen LogP) is 3.52. The third-order valence-corrected chi connectivity index (χ3v) is 4.74. The van der Waals surface area contributed by atoms with Crippen molar-refractivity contribution in [2.24, 2.45) is 0 Å². The third kappa shape index (κ3) is 4.55. The molecule has 0 aliphatic carbocycles. The molecule has 1 N–H and O–H groups in total. The number of rotatable bonds is 6. The molecular formula is C20H23N3O4. The quantitative estimate of drug-likeness (QED) is 0.622. The van der Waals surface area contributed by atoms with Crippen molar-refractivity contribution in [2.75, 3.05) is 25.1 Å². The van der Waals surface area contributed by atoms with Gasteiger partial charge in [0.1, 0.15) is 5.75 Å². The molecule has 0 atom stereocenters. The minimum absolute atomic E-state index is 0.0784. The summed E-state index contributed by atoms with van der Waals surface area (Å²) in [6, 6.07) is 11.9. The molecule has 0 radical (unpaired) electrons. The monoisotopic (exact) mass is 369 g/mol. The van der Waals surface area contributed by atoms with Crippen molar-refractivity contribution in [2.45, 2.75) is 25.8 Å². The number of ether oxygens (including phenoxy) is 1. The van der Waals surface area contributed by atoms with E-state index >= 15 is 0 Å². The average molecular weight is 369 g/mol. The topological polar surface area (TPSA) is 84.7 Å². The Hall–Kier alpha value is -3.09. The van der Waals surface area contributed by atoms with Crippen LogP contribution < -0.4 is 15.0 Å². The molecule has 27 heavy (non-hydrogen) atoms. The zero-order chi connectivity index (χ0) is 19.2. The summed E-state index contributed by atoms with van der Waals surface area (Å²) in [7, 11) is 1.60. The number of benzene rings is 2. The zero-order valence-electron chi connectivity index (χ0n) is 15.3. The van der Waals surface area contributed by atoms with Crippen LogP contribution in [-0.2, 0) is 6.54 Å². The molecule has 0 bridgehead atoms. The zero-order valence-corrected chi connectivity index (χ0v) is 15.3. The summed E-state index contributed by atoms with van der Waals surface area (Å²) in [5, 5.41) is 14.0. The van der Waals surface area contributed by atoms with E-state index in [0.29, 0.717) is 12.1 Å². The van der Waals surface area contributed by atoms with E-state index in [9.17, 15) is 14.9 Å². The number of amides is 1. The van der Waals surface area contributed by atoms with Crippen molar-refractivity contribution in [3.8, 4) is 5.75 Å². The highest BCUT2D eigenvalue weighted by Gasteiger charge is 2.21. The van der Waals surface area contributed by atoms with Crippen LogP contribution >= 0.6 is 0 Å². The van der Waals surface area contributed by atoms with E-state index in [4.69, 9.17) is 4.74 Å². The van der Waals surface area contributed by atoms with E-state index in [0.717, 1.165) is 42.9 Å². The molecule has 2 aromatic rings. The first kappa shape index (κ1) is 18.7. The van der Waals surface area contributed by atoms with Crippen LogP contribution in [0.5, 0.6) is 5.75 Å². The molecule has 0 aromatic heterocycles. The van der Waals surface area contributed by atoms with Crippen LogP contribution in [0, 0.1) is 10.1 Å². The summed E-state index contributed by atoms with van der Waals surface area (Å²) in [6.07, 6.45) is 3.29. The predicted molar refractivity (Wildman–Crippen MR) is 103 cm³/mol. The number of nitrogens with one attached hydrogen (secondary N) is 1. The number of carbonyl (C=O) groups excluding carboxylic acids is 1. The minimum atomic E-state index is -0.472. The fraction of sp³-hybridized carbons (Fsp3) is 0.350. The molecule has 7 heteroatoms. The van der Waals surface area contributed by atoms with Gasteiger partial charge in [-0.2, -0.15) is 0 Å². The maximum atomic E-state index is 12.8. The van der Waals surface area contributed by atoms with Crippen molar-refractivity contribution >= 4 is 17.3 Å². The van der Waals surface area contributed by atoms with E-state index in [-0.39, 0.29) is 11.6 Å². The van der Waals surface area contributed by atoms with Gasteiger partial charge in [0, 0.05) is 31.8 Å². The van der Waals surface area contributed by atoms with Gasteiger partial charge in [0.2, 0.25) is 0 Å². The summed E-state index contributed by atoms with van der Waals surface area (Å²) in [5.41, 5.74) is 1.95. The Morgan fingerprint density at radius 1 is 1.15 bits per heavy atom. The molecule has 1 aliphatic rings. The fourth-order valence-electron chi connectivity index (χ4n) is 3.25. The first-order chi connectivity index (χ1) is 13.1. The lowest BCUT2D eigenvalue weighted by Gasteiger charge is -2.30. The number of piperidine rings is 1. The largest absolute Gasteiger partial charge is 0.497 e. The van der Waals surface area contributed by atoms with Crippen molar-refractivity contribution in [3.05, 3.63) is 63.7 Å². The molecule has 3 rings (SSSR count). The van der Waals surface area contributed by atoms with Crippen LogP contribution in [0.3, 0.4) is 0 Å². The Morgan fingerprint density at radius 2 is 1.85 bits per heavy atom. The SMILES string of the molecule is COc1ccc(CNC(=O)c2cc([N+](=O)[O-])ccc2N2CCCCC2)cc1. The van der Waals surface area contributed by atoms with Gasteiger partial charge in [-0.25, -0.2) is 0 Å². The number of carbonyl (C=O) groups is 1. The van der Waals surface area contributed by atoms with Gasteiger partial charge in [-0.1, -0.05) is 12.1 Å². The van der Waals surface area contributed by atoms with Gasteiger partial charge >= 0.3 is 0 Å². The van der Waals surface area contributed by atoms with E-state index < -0.39 is 4.92 Å². The van der Waals surface area contributed by atoms with E-state index in [1.807, 2.05) is 24.3 Å². The molecule has 1 amide bonds. The Bertz CT molecular complexity index is 814. The van der Waals surface area contributed by atoms with Gasteiger partial charge in [-0.3, -0.25) is 14.9 Å². The average Bonchev–Trinajstić information content (AvgIpc) is 2.72. The molecule has 1 fully saturated rings. The van der Waals surface area contributed by atoms with Crippen LogP contribution in [0.25, 0.3) is 0 Å². The number of methoxy groups -OCH3 is 1. The molecule has 1 heterocycles. The summed E-state index contributed by atoms with van der Waals surface area (Å²) < 4.78 is 5.13. The number of hydrogen-bond donors (Lipinski definition) is 1. The first-order valence-electron chi connectivity index (χ1n) is 9.03. The van der Waals surface area contributed by atoms with Crippen LogP contribution in [0.15, 0.2) is 42.5 Å². The molecule has 7 nitrogen and oxygen atoms in total. The number of non-ortho nitro benzene ring substituents is 1. The lowest BCUT2D eigenvalue weighted by atomic mass is 10.1. The number of nitrogens with zero attached hydrogens (tertiary/aromatic N) is 2. The Labute approximate surface area is 158 Å². The van der Waals surface area contributed by atoms with Crippen LogP contribution in [0.4, 0.5) is 11.4 Å². The highest BCUT2D eigenvalue weighted by Crippen LogP contribution is 2.28. The number of hydrogen-bond acceptors (Lipinski definition) is 5. The van der Waals surface area contributed by atoms with E-state index in [2.05, 4.69) is 10.2 Å². The normalized spacial score (nSPS) is 13.9. The summed E-state index contributed by atoms with van der Waals surface area (Å²) in [6.45, 7) is 2.05. The molecule has 2 aromatic carbocycles. The first-order valence-corrected chi connectivity index (χ1v) is 9.03. The molecule has 142 valence electrons. The fourth-order valence-corrected chi connectivity index (χ4v) is 3.25. The maximum Gasteiger partial charge on any atom is 0.270 e. The second-order valence-electron chi connectivity index (χ2n) is 6.54. The van der Waals surface area contributed by atoms with Gasteiger partial charge in [0.15, 0.2) is 0 Å². The highest BCUT2D eigenvalue weighted by molar-refractivity contribution is 6.00. The van der Waals surface area contributed by atoms with Crippen molar-refractivity contribution in [1.82, 2.24) is 5.32 Å². The third-order valence-electron chi connectivity index (χ3n) is 4.74. The number of anilines is 1. The van der Waals surface area contributed by atoms with Crippen molar-refractivity contribution in [3.63, 3.8) is 0 Å². The van der Waals surface area contributed by atoms with Crippen LogP contribution in [0.1, 0.15) is 35.2 Å². The van der Waals surface area contributed by atoms with Gasteiger partial charge in [0.25, 0.3) is 11.6 Å². The summed E-state index contributed by atoms with van der Waals surface area (Å²) in [5.74, 6) is 0.436. The van der Waals surface area contributed by atoms with E-state index in [1.54, 1.807) is 13.2 Å². The van der Waals surface area contributed by atoms with Crippen molar-refractivity contribution in [1.29, 1.82) is 0 Å². The van der Waals surface area contributed by atoms with E-state index in [1.165, 1.54) is 18.6 Å². The Kier molecular flexibility index (Phi) is 5.90. The summed E-state index contributed by atoms with van der Waals surface area (Å²) >= 11 is 0. The minimum Gasteiger partial charge on any atom is -0.497 e. The van der Waals surface area contributed by atoms with Gasteiger partial charge in [0.05, 0.1) is 23.3 Å². The smallest absolute Gasteiger partial charge is 0.270 e. The van der Waals surface area contributed by atoms with Crippen LogP contribution in [0.2, 0.25) is 0 Å². The molecule has 1 saturated heterocycles. The van der Waals surface area contributed by atoms with Gasteiger partial charge in [-0.05, 0) is 43.0 Å². The number of nitro benzene ring substituents is 1.